The molecule has 1 heterocycles. The number of likely N-dealkylation sites (tertiary alicyclic amines) is 1. The van der Waals surface area contributed by atoms with Gasteiger partial charge in [0, 0.05) is 31.8 Å². The number of rotatable bonds is 8. The molecule has 0 bridgehead atoms. The van der Waals surface area contributed by atoms with Gasteiger partial charge in [-0.3, -0.25) is 9.59 Å². The molecule has 0 unspecified atom stereocenters. The van der Waals surface area contributed by atoms with Crippen LogP contribution in [0.15, 0.2) is 30.3 Å². The summed E-state index contributed by atoms with van der Waals surface area (Å²) in [6.07, 6.45) is 6.91. The van der Waals surface area contributed by atoms with Gasteiger partial charge < -0.3 is 14.9 Å². The van der Waals surface area contributed by atoms with Gasteiger partial charge in [-0.15, -0.1) is 0 Å². The minimum absolute atomic E-state index is 0.0406. The van der Waals surface area contributed by atoms with Gasteiger partial charge in [0.2, 0.25) is 11.8 Å². The maximum Gasteiger partial charge on any atom is 0.225 e. The quantitative estimate of drug-likeness (QED) is 0.749. The first-order chi connectivity index (χ1) is 13.5. The van der Waals surface area contributed by atoms with Gasteiger partial charge in [0.15, 0.2) is 0 Å². The number of allylic oxidation sites excluding steroid dienone is 1. The lowest BCUT2D eigenvalue weighted by Gasteiger charge is -2.55. The number of aliphatic hydroxyl groups is 1. The van der Waals surface area contributed by atoms with E-state index in [-0.39, 0.29) is 42.3 Å². The van der Waals surface area contributed by atoms with Gasteiger partial charge in [-0.2, -0.15) is 0 Å². The van der Waals surface area contributed by atoms with Crippen LogP contribution in [-0.2, 0) is 9.59 Å². The third kappa shape index (κ3) is 4.14. The topological polar surface area (TPSA) is 60.9 Å². The Morgan fingerprint density at radius 2 is 1.89 bits per heavy atom. The van der Waals surface area contributed by atoms with Crippen LogP contribution >= 0.6 is 0 Å². The second-order valence-corrected chi connectivity index (χ2v) is 7.99. The number of amides is 2. The molecule has 2 amide bonds. The summed E-state index contributed by atoms with van der Waals surface area (Å²) < 4.78 is 0. The van der Waals surface area contributed by atoms with Crippen molar-refractivity contribution in [2.24, 2.45) is 5.92 Å². The number of benzene rings is 1. The van der Waals surface area contributed by atoms with E-state index in [0.717, 1.165) is 30.4 Å². The Kier molecular flexibility index (Phi) is 6.55. The molecule has 1 N–H and O–H groups in total. The molecular weight excluding hydrogens is 352 g/mol. The SMILES string of the molecule is C/C=C/c1ccc([C@H]2[C@@H](CO)N(C(C)=O)[C@@H]2CN(CCC)C(=O)C2CC2)cc1. The smallest absolute Gasteiger partial charge is 0.225 e. The predicted octanol–water partition coefficient (Wildman–Crippen LogP) is 3.04. The molecular formula is C23H32N2O3. The lowest BCUT2D eigenvalue weighted by atomic mass is 9.74. The Morgan fingerprint density at radius 3 is 2.39 bits per heavy atom. The third-order valence-corrected chi connectivity index (χ3v) is 5.91. The molecule has 0 radical (unpaired) electrons. The number of nitrogens with zero attached hydrogens (tertiary/aromatic N) is 2. The summed E-state index contributed by atoms with van der Waals surface area (Å²) in [5.41, 5.74) is 2.24. The van der Waals surface area contributed by atoms with Crippen molar-refractivity contribution in [1.29, 1.82) is 0 Å². The molecule has 0 spiro atoms. The van der Waals surface area contributed by atoms with Gasteiger partial charge in [0.05, 0.1) is 18.7 Å². The Bertz CT molecular complexity index is 724. The van der Waals surface area contributed by atoms with Crippen LogP contribution in [0.5, 0.6) is 0 Å². The van der Waals surface area contributed by atoms with Crippen molar-refractivity contribution in [3.8, 4) is 0 Å². The molecule has 2 aliphatic rings. The zero-order valence-corrected chi connectivity index (χ0v) is 17.2. The standard InChI is InChI=1S/C23H32N2O3/c1-4-6-17-7-9-18(10-8-17)22-20(25(16(3)27)21(22)15-26)14-24(13-5-2)23(28)19-11-12-19/h4,6-10,19-22,26H,5,11-15H2,1-3H3/b6-4+/t20-,21-,22-/m1/s1. The lowest BCUT2D eigenvalue weighted by molar-refractivity contribution is -0.152. The second kappa shape index (κ2) is 8.91. The van der Waals surface area contributed by atoms with Gasteiger partial charge in [-0.1, -0.05) is 43.3 Å². The molecule has 1 saturated carbocycles. The zero-order chi connectivity index (χ0) is 20.3. The number of hydrogen-bond acceptors (Lipinski definition) is 3. The van der Waals surface area contributed by atoms with Crippen LogP contribution in [0.2, 0.25) is 0 Å². The fourth-order valence-corrected chi connectivity index (χ4v) is 4.46. The van der Waals surface area contributed by atoms with Crippen LogP contribution in [0.4, 0.5) is 0 Å². The molecule has 1 aromatic carbocycles. The van der Waals surface area contributed by atoms with E-state index in [9.17, 15) is 14.7 Å². The van der Waals surface area contributed by atoms with Crippen molar-refractivity contribution in [2.75, 3.05) is 19.7 Å². The van der Waals surface area contributed by atoms with E-state index in [1.54, 1.807) is 11.8 Å². The highest BCUT2D eigenvalue weighted by Crippen LogP contribution is 2.42. The van der Waals surface area contributed by atoms with E-state index >= 15 is 0 Å². The van der Waals surface area contributed by atoms with Crippen molar-refractivity contribution < 1.29 is 14.7 Å². The van der Waals surface area contributed by atoms with Crippen molar-refractivity contribution in [3.05, 3.63) is 41.5 Å². The zero-order valence-electron chi connectivity index (χ0n) is 17.2. The number of hydrogen-bond donors (Lipinski definition) is 1. The Labute approximate surface area is 168 Å². The van der Waals surface area contributed by atoms with Crippen molar-refractivity contribution in [3.63, 3.8) is 0 Å². The molecule has 152 valence electrons. The molecule has 28 heavy (non-hydrogen) atoms. The first kappa shape index (κ1) is 20.6. The maximum absolute atomic E-state index is 12.7. The van der Waals surface area contributed by atoms with E-state index in [2.05, 4.69) is 31.2 Å². The highest BCUT2D eigenvalue weighted by Gasteiger charge is 2.51. The van der Waals surface area contributed by atoms with E-state index in [1.165, 1.54) is 0 Å². The van der Waals surface area contributed by atoms with Crippen molar-refractivity contribution in [2.45, 2.75) is 58.0 Å². The summed E-state index contributed by atoms with van der Waals surface area (Å²) in [6, 6.07) is 7.98. The first-order valence-electron chi connectivity index (χ1n) is 10.4. The molecule has 5 nitrogen and oxygen atoms in total. The Hall–Kier alpha value is -2.14. The molecule has 0 aromatic heterocycles. The molecule has 1 aliphatic carbocycles. The summed E-state index contributed by atoms with van der Waals surface area (Å²) in [4.78, 5) is 28.7. The largest absolute Gasteiger partial charge is 0.394 e. The number of carbonyl (C=O) groups is 2. The monoisotopic (exact) mass is 384 g/mol. The molecule has 3 atom stereocenters. The van der Waals surface area contributed by atoms with Crippen LogP contribution in [0.1, 0.15) is 57.1 Å². The maximum atomic E-state index is 12.7. The molecule has 1 saturated heterocycles. The van der Waals surface area contributed by atoms with Gasteiger partial charge in [-0.25, -0.2) is 0 Å². The van der Waals surface area contributed by atoms with E-state index in [1.807, 2.05) is 24.0 Å². The third-order valence-electron chi connectivity index (χ3n) is 5.91. The van der Waals surface area contributed by atoms with E-state index in [0.29, 0.717) is 13.1 Å². The number of carbonyl (C=O) groups excluding carboxylic acids is 2. The summed E-state index contributed by atoms with van der Waals surface area (Å²) in [6.45, 7) is 6.80. The minimum atomic E-state index is -0.227. The van der Waals surface area contributed by atoms with Crippen molar-refractivity contribution >= 4 is 17.9 Å². The molecule has 5 heteroatoms. The van der Waals surface area contributed by atoms with Crippen LogP contribution < -0.4 is 0 Å². The predicted molar refractivity (Wildman–Crippen MR) is 111 cm³/mol. The summed E-state index contributed by atoms with van der Waals surface area (Å²) >= 11 is 0. The van der Waals surface area contributed by atoms with Crippen LogP contribution in [0.3, 0.4) is 0 Å². The average molecular weight is 385 g/mol. The lowest BCUT2D eigenvalue weighted by Crippen LogP contribution is -2.68. The summed E-state index contributed by atoms with van der Waals surface area (Å²) in [7, 11) is 0. The van der Waals surface area contributed by atoms with Gasteiger partial charge >= 0.3 is 0 Å². The number of aliphatic hydroxyl groups excluding tert-OH is 1. The van der Waals surface area contributed by atoms with Crippen LogP contribution in [0, 0.1) is 5.92 Å². The average Bonchev–Trinajstić information content (AvgIpc) is 3.50. The second-order valence-electron chi connectivity index (χ2n) is 7.99. The summed E-state index contributed by atoms with van der Waals surface area (Å²) in [5.74, 6) is 0.394. The normalized spacial score (nSPS) is 24.3. The fourth-order valence-electron chi connectivity index (χ4n) is 4.46. The first-order valence-corrected chi connectivity index (χ1v) is 10.4. The Balaban J connectivity index is 1.84. The van der Waals surface area contributed by atoms with E-state index in [4.69, 9.17) is 0 Å². The highest BCUT2D eigenvalue weighted by molar-refractivity contribution is 5.81. The van der Waals surface area contributed by atoms with E-state index < -0.39 is 0 Å². The summed E-state index contributed by atoms with van der Waals surface area (Å²) in [5, 5.41) is 9.95. The molecule has 1 aromatic rings. The fraction of sp³-hybridized carbons (Fsp3) is 0.565. The van der Waals surface area contributed by atoms with Gasteiger partial charge in [-0.05, 0) is 37.3 Å². The molecule has 3 rings (SSSR count). The van der Waals surface area contributed by atoms with Crippen LogP contribution in [-0.4, -0.2) is 58.5 Å². The van der Waals surface area contributed by atoms with Crippen LogP contribution in [0.25, 0.3) is 6.08 Å². The molecule has 2 fully saturated rings. The Morgan fingerprint density at radius 1 is 1.21 bits per heavy atom. The van der Waals surface area contributed by atoms with Crippen molar-refractivity contribution in [1.82, 2.24) is 9.80 Å². The van der Waals surface area contributed by atoms with Gasteiger partial charge in [0.1, 0.15) is 0 Å². The van der Waals surface area contributed by atoms with Gasteiger partial charge in [0.25, 0.3) is 0 Å². The minimum Gasteiger partial charge on any atom is -0.394 e. The highest BCUT2D eigenvalue weighted by atomic mass is 16.3. The molecule has 1 aliphatic heterocycles.